The van der Waals surface area contributed by atoms with Gasteiger partial charge in [-0.05, 0) is 6.92 Å². The Balaban J connectivity index is 2.53. The van der Waals surface area contributed by atoms with Gasteiger partial charge in [-0.1, -0.05) is 0 Å². The number of likely N-dealkylation sites (tertiary alicyclic amines) is 1. The number of carbonyl (C=O) groups excluding carboxylic acids is 2. The van der Waals surface area contributed by atoms with Crippen LogP contribution < -0.4 is 5.32 Å². The summed E-state index contributed by atoms with van der Waals surface area (Å²) in [6, 6.07) is -1.70. The molecule has 108 valence electrons. The number of aliphatic hydroxyl groups excluding tert-OH is 1. The SMILES string of the molecule is CCN(C)C(=O)CNC(=O)N1CC(O)CC1C(=O)O. The zero-order chi connectivity index (χ0) is 14.6. The van der Waals surface area contributed by atoms with E-state index in [0.717, 1.165) is 4.90 Å². The Hall–Kier alpha value is -1.83. The molecular weight excluding hydrogens is 254 g/mol. The highest BCUT2D eigenvalue weighted by atomic mass is 16.4. The van der Waals surface area contributed by atoms with E-state index in [1.165, 1.54) is 4.90 Å². The number of aliphatic hydroxyl groups is 1. The third-order valence-electron chi connectivity index (χ3n) is 3.12. The minimum absolute atomic E-state index is 0.00552. The number of amides is 3. The maximum atomic E-state index is 11.8. The topological polar surface area (TPSA) is 110 Å². The van der Waals surface area contributed by atoms with Crippen molar-refractivity contribution in [3.8, 4) is 0 Å². The molecule has 3 N–H and O–H groups in total. The standard InChI is InChI=1S/C11H19N3O5/c1-3-13(2)9(16)5-12-11(19)14-6-7(15)4-8(14)10(17)18/h7-8,15H,3-6H2,1-2H3,(H,12,19)(H,17,18). The molecule has 3 amide bonds. The summed E-state index contributed by atoms with van der Waals surface area (Å²) in [6.45, 7) is 2.09. The van der Waals surface area contributed by atoms with Crippen LogP contribution >= 0.6 is 0 Å². The average molecular weight is 273 g/mol. The number of carboxylic acid groups (broad SMARTS) is 1. The first-order chi connectivity index (χ1) is 8.86. The van der Waals surface area contributed by atoms with Crippen LogP contribution in [0.2, 0.25) is 0 Å². The smallest absolute Gasteiger partial charge is 0.326 e. The van der Waals surface area contributed by atoms with Gasteiger partial charge in [-0.2, -0.15) is 0 Å². The fraction of sp³-hybridized carbons (Fsp3) is 0.727. The fourth-order valence-electron chi connectivity index (χ4n) is 1.84. The number of nitrogens with one attached hydrogen (secondary N) is 1. The molecule has 0 aromatic rings. The van der Waals surface area contributed by atoms with E-state index >= 15 is 0 Å². The summed E-state index contributed by atoms with van der Waals surface area (Å²) in [6.07, 6.45) is -0.841. The number of rotatable bonds is 4. The van der Waals surface area contributed by atoms with Crippen molar-refractivity contribution in [2.75, 3.05) is 26.7 Å². The fourth-order valence-corrected chi connectivity index (χ4v) is 1.84. The van der Waals surface area contributed by atoms with Gasteiger partial charge in [0.1, 0.15) is 6.04 Å². The second-order valence-electron chi connectivity index (χ2n) is 4.46. The summed E-state index contributed by atoms with van der Waals surface area (Å²) in [5.74, 6) is -1.42. The van der Waals surface area contributed by atoms with Crippen molar-refractivity contribution in [2.24, 2.45) is 0 Å². The zero-order valence-corrected chi connectivity index (χ0v) is 11.0. The molecule has 0 bridgehead atoms. The van der Waals surface area contributed by atoms with E-state index in [-0.39, 0.29) is 25.4 Å². The molecule has 1 rings (SSSR count). The van der Waals surface area contributed by atoms with Crippen LogP contribution in [-0.2, 0) is 9.59 Å². The molecule has 0 radical (unpaired) electrons. The number of urea groups is 1. The first-order valence-electron chi connectivity index (χ1n) is 6.06. The summed E-state index contributed by atoms with van der Waals surface area (Å²) < 4.78 is 0. The van der Waals surface area contributed by atoms with Crippen molar-refractivity contribution in [2.45, 2.75) is 25.5 Å². The van der Waals surface area contributed by atoms with Crippen molar-refractivity contribution < 1.29 is 24.6 Å². The van der Waals surface area contributed by atoms with Crippen LogP contribution in [0.4, 0.5) is 4.79 Å². The van der Waals surface area contributed by atoms with E-state index in [1.54, 1.807) is 14.0 Å². The van der Waals surface area contributed by atoms with E-state index in [2.05, 4.69) is 5.32 Å². The van der Waals surface area contributed by atoms with Gasteiger partial charge >= 0.3 is 12.0 Å². The van der Waals surface area contributed by atoms with Gasteiger partial charge in [0.15, 0.2) is 0 Å². The Morgan fingerprint density at radius 1 is 1.42 bits per heavy atom. The third kappa shape index (κ3) is 3.82. The minimum atomic E-state index is -1.16. The van der Waals surface area contributed by atoms with Gasteiger partial charge in [0.25, 0.3) is 0 Å². The van der Waals surface area contributed by atoms with Crippen LogP contribution in [-0.4, -0.2) is 76.7 Å². The van der Waals surface area contributed by atoms with Crippen molar-refractivity contribution in [3.63, 3.8) is 0 Å². The largest absolute Gasteiger partial charge is 0.480 e. The quantitative estimate of drug-likeness (QED) is 0.589. The highest BCUT2D eigenvalue weighted by Gasteiger charge is 2.38. The first-order valence-corrected chi connectivity index (χ1v) is 6.06. The van der Waals surface area contributed by atoms with Crippen LogP contribution in [0.15, 0.2) is 0 Å². The highest BCUT2D eigenvalue weighted by Crippen LogP contribution is 2.17. The van der Waals surface area contributed by atoms with Crippen molar-refractivity contribution in [3.05, 3.63) is 0 Å². The number of carboxylic acids is 1. The van der Waals surface area contributed by atoms with Crippen LogP contribution in [0.3, 0.4) is 0 Å². The lowest BCUT2D eigenvalue weighted by atomic mass is 10.2. The minimum Gasteiger partial charge on any atom is -0.480 e. The second-order valence-corrected chi connectivity index (χ2v) is 4.46. The van der Waals surface area contributed by atoms with Gasteiger partial charge in [-0.25, -0.2) is 9.59 Å². The molecule has 2 atom stereocenters. The monoisotopic (exact) mass is 273 g/mol. The Kier molecular flexibility index (Phi) is 5.11. The van der Waals surface area contributed by atoms with Crippen LogP contribution in [0.5, 0.6) is 0 Å². The molecule has 1 saturated heterocycles. The second kappa shape index (κ2) is 6.37. The van der Waals surface area contributed by atoms with Crippen LogP contribution in [0.25, 0.3) is 0 Å². The van der Waals surface area contributed by atoms with E-state index in [1.807, 2.05) is 0 Å². The third-order valence-corrected chi connectivity index (χ3v) is 3.12. The van der Waals surface area contributed by atoms with Gasteiger partial charge in [0, 0.05) is 26.6 Å². The number of hydrogen-bond acceptors (Lipinski definition) is 4. The summed E-state index contributed by atoms with van der Waals surface area (Å²) >= 11 is 0. The Labute approximate surface area is 111 Å². The molecule has 0 spiro atoms. The van der Waals surface area contributed by atoms with Gasteiger partial charge in [-0.3, -0.25) is 4.79 Å². The van der Waals surface area contributed by atoms with Crippen LogP contribution in [0, 0.1) is 0 Å². The number of nitrogens with zero attached hydrogens (tertiary/aromatic N) is 2. The number of aliphatic carboxylic acids is 1. The number of β-amino-alcohol motifs (C(OH)–C–C–N with tert-alkyl or cyclic N) is 1. The molecule has 0 saturated carbocycles. The molecule has 1 aliphatic rings. The lowest BCUT2D eigenvalue weighted by molar-refractivity contribution is -0.141. The molecule has 19 heavy (non-hydrogen) atoms. The predicted octanol–water partition coefficient (Wildman–Crippen LogP) is -1.31. The number of carbonyl (C=O) groups is 3. The summed E-state index contributed by atoms with van der Waals surface area (Å²) in [5, 5.41) is 20.7. The van der Waals surface area contributed by atoms with E-state index < -0.39 is 24.1 Å². The van der Waals surface area contributed by atoms with Gasteiger partial charge < -0.3 is 25.3 Å². The van der Waals surface area contributed by atoms with Crippen LogP contribution in [0.1, 0.15) is 13.3 Å². The Morgan fingerprint density at radius 3 is 2.58 bits per heavy atom. The van der Waals surface area contributed by atoms with Gasteiger partial charge in [0.2, 0.25) is 5.91 Å². The van der Waals surface area contributed by atoms with Crippen molar-refractivity contribution in [1.82, 2.24) is 15.1 Å². The maximum absolute atomic E-state index is 11.8. The molecule has 0 aliphatic carbocycles. The summed E-state index contributed by atoms with van der Waals surface area (Å²) in [4.78, 5) is 36.7. The normalized spacial score (nSPS) is 22.2. The summed E-state index contributed by atoms with van der Waals surface area (Å²) in [5.41, 5.74) is 0. The van der Waals surface area contributed by atoms with Gasteiger partial charge in [0.05, 0.1) is 12.6 Å². The molecule has 2 unspecified atom stereocenters. The molecule has 0 aromatic heterocycles. The van der Waals surface area contributed by atoms with Crippen molar-refractivity contribution in [1.29, 1.82) is 0 Å². The maximum Gasteiger partial charge on any atom is 0.326 e. The molecule has 1 fully saturated rings. The molecule has 0 aromatic carbocycles. The Bertz CT molecular complexity index is 373. The lowest BCUT2D eigenvalue weighted by Crippen LogP contribution is -2.48. The van der Waals surface area contributed by atoms with Gasteiger partial charge in [-0.15, -0.1) is 0 Å². The molecule has 8 heteroatoms. The van der Waals surface area contributed by atoms with E-state index in [4.69, 9.17) is 5.11 Å². The Morgan fingerprint density at radius 2 is 2.05 bits per heavy atom. The number of likely N-dealkylation sites (N-methyl/N-ethyl adjacent to an activating group) is 1. The highest BCUT2D eigenvalue weighted by molar-refractivity contribution is 5.87. The number of hydrogen-bond donors (Lipinski definition) is 3. The summed E-state index contributed by atoms with van der Waals surface area (Å²) in [7, 11) is 1.61. The average Bonchev–Trinajstić information content (AvgIpc) is 2.76. The molecular formula is C11H19N3O5. The first kappa shape index (κ1) is 15.2. The zero-order valence-electron chi connectivity index (χ0n) is 11.0. The van der Waals surface area contributed by atoms with Crippen molar-refractivity contribution >= 4 is 17.9 Å². The predicted molar refractivity (Wildman–Crippen MR) is 65.5 cm³/mol. The van der Waals surface area contributed by atoms with E-state index in [9.17, 15) is 19.5 Å². The molecule has 1 heterocycles. The molecule has 8 nitrogen and oxygen atoms in total. The van der Waals surface area contributed by atoms with E-state index in [0.29, 0.717) is 6.54 Å². The lowest BCUT2D eigenvalue weighted by Gasteiger charge is -2.22. The molecule has 1 aliphatic heterocycles.